The van der Waals surface area contributed by atoms with Crippen molar-refractivity contribution in [1.29, 1.82) is 0 Å². The zero-order valence-electron chi connectivity index (χ0n) is 11.2. The highest BCUT2D eigenvalue weighted by Crippen LogP contribution is 2.25. The Morgan fingerprint density at radius 1 is 1.32 bits per heavy atom. The van der Waals surface area contributed by atoms with Gasteiger partial charge in [-0.1, -0.05) is 6.42 Å². The van der Waals surface area contributed by atoms with Crippen LogP contribution in [0.15, 0.2) is 0 Å². The zero-order valence-corrected chi connectivity index (χ0v) is 11.2. The number of nitrogens with two attached hydrogens (primary N) is 1. The predicted molar refractivity (Wildman–Crippen MR) is 68.3 cm³/mol. The lowest BCUT2D eigenvalue weighted by Crippen LogP contribution is -2.49. The van der Waals surface area contributed by atoms with Gasteiger partial charge in [-0.3, -0.25) is 9.59 Å². The Hall–Kier alpha value is -1.79. The van der Waals surface area contributed by atoms with Crippen LogP contribution >= 0.6 is 0 Å². The summed E-state index contributed by atoms with van der Waals surface area (Å²) in [6.45, 7) is 3.37. The van der Waals surface area contributed by atoms with Crippen LogP contribution in [0.5, 0.6) is 0 Å². The second-order valence-electron chi connectivity index (χ2n) is 5.56. The van der Waals surface area contributed by atoms with Gasteiger partial charge in [-0.2, -0.15) is 0 Å². The van der Waals surface area contributed by atoms with Crippen LogP contribution in [0.3, 0.4) is 0 Å². The summed E-state index contributed by atoms with van der Waals surface area (Å²) < 4.78 is 0. The molecule has 0 saturated heterocycles. The van der Waals surface area contributed by atoms with E-state index >= 15 is 0 Å². The molecule has 2 unspecified atom stereocenters. The summed E-state index contributed by atoms with van der Waals surface area (Å²) in [4.78, 5) is 33.7. The quantitative estimate of drug-likeness (QED) is 0.564. The van der Waals surface area contributed by atoms with Crippen molar-refractivity contribution in [3.8, 4) is 0 Å². The molecule has 0 aromatic carbocycles. The predicted octanol–water partition coefficient (Wildman–Crippen LogP) is 0.0504. The van der Waals surface area contributed by atoms with Crippen LogP contribution < -0.4 is 16.4 Å². The molecule has 1 aliphatic carbocycles. The molecule has 0 aromatic heterocycles. The highest BCUT2D eigenvalue weighted by molar-refractivity contribution is 5.82. The summed E-state index contributed by atoms with van der Waals surface area (Å²) in [6, 6.07) is -0.818. The average Bonchev–Trinajstić information content (AvgIpc) is 2.74. The van der Waals surface area contributed by atoms with Crippen LogP contribution in [0.2, 0.25) is 0 Å². The number of carboxylic acids is 1. The molecule has 5 N–H and O–H groups in total. The van der Waals surface area contributed by atoms with Gasteiger partial charge in [0.25, 0.3) is 0 Å². The van der Waals surface area contributed by atoms with Gasteiger partial charge in [-0.15, -0.1) is 0 Å². The Morgan fingerprint density at radius 2 is 1.95 bits per heavy atom. The molecule has 19 heavy (non-hydrogen) atoms. The summed E-state index contributed by atoms with van der Waals surface area (Å²) in [5.41, 5.74) is 4.36. The molecule has 1 aliphatic rings. The SMILES string of the molecule is CC(C)(CNC(=O)NC1CCCC1C(=O)O)C(N)=O. The van der Waals surface area contributed by atoms with Gasteiger partial charge in [0.15, 0.2) is 0 Å². The van der Waals surface area contributed by atoms with Gasteiger partial charge < -0.3 is 21.5 Å². The molecule has 0 spiro atoms. The summed E-state index contributed by atoms with van der Waals surface area (Å²) in [5.74, 6) is -1.92. The van der Waals surface area contributed by atoms with Gasteiger partial charge in [-0.25, -0.2) is 4.79 Å². The van der Waals surface area contributed by atoms with Crippen LogP contribution in [0, 0.1) is 11.3 Å². The van der Waals surface area contributed by atoms with Crippen LogP contribution in [0.1, 0.15) is 33.1 Å². The number of rotatable bonds is 5. The maximum atomic E-state index is 11.7. The second kappa shape index (κ2) is 5.90. The maximum Gasteiger partial charge on any atom is 0.315 e. The molecule has 1 rings (SSSR count). The Bertz CT molecular complexity index is 381. The molecule has 0 aromatic rings. The first-order valence-electron chi connectivity index (χ1n) is 6.31. The van der Waals surface area contributed by atoms with Crippen molar-refractivity contribution in [2.24, 2.45) is 17.1 Å². The second-order valence-corrected chi connectivity index (χ2v) is 5.56. The van der Waals surface area contributed by atoms with Crippen molar-refractivity contribution in [2.45, 2.75) is 39.2 Å². The molecule has 1 saturated carbocycles. The third kappa shape index (κ3) is 4.11. The molecule has 1 fully saturated rings. The van der Waals surface area contributed by atoms with Crippen molar-refractivity contribution in [3.05, 3.63) is 0 Å². The molecular weight excluding hydrogens is 250 g/mol. The lowest BCUT2D eigenvalue weighted by Gasteiger charge is -2.23. The number of aliphatic carboxylic acids is 1. The van der Waals surface area contributed by atoms with E-state index in [1.165, 1.54) is 0 Å². The number of carboxylic acid groups (broad SMARTS) is 1. The van der Waals surface area contributed by atoms with E-state index in [1.54, 1.807) is 13.8 Å². The van der Waals surface area contributed by atoms with Crippen molar-refractivity contribution in [2.75, 3.05) is 6.54 Å². The van der Waals surface area contributed by atoms with Gasteiger partial charge in [0.1, 0.15) is 0 Å². The van der Waals surface area contributed by atoms with Crippen molar-refractivity contribution in [3.63, 3.8) is 0 Å². The first-order valence-corrected chi connectivity index (χ1v) is 6.31. The van der Waals surface area contributed by atoms with Crippen molar-refractivity contribution in [1.82, 2.24) is 10.6 Å². The van der Waals surface area contributed by atoms with E-state index in [9.17, 15) is 14.4 Å². The molecule has 0 heterocycles. The minimum absolute atomic E-state index is 0.110. The standard InChI is InChI=1S/C12H21N3O4/c1-12(2,10(13)18)6-14-11(19)15-8-5-3-4-7(8)9(16)17/h7-8H,3-6H2,1-2H3,(H2,13,18)(H,16,17)(H2,14,15,19). The lowest BCUT2D eigenvalue weighted by molar-refractivity contribution is -0.142. The monoisotopic (exact) mass is 271 g/mol. The summed E-state index contributed by atoms with van der Waals surface area (Å²) >= 11 is 0. The first-order chi connectivity index (χ1) is 8.74. The third-order valence-electron chi connectivity index (χ3n) is 3.51. The minimum Gasteiger partial charge on any atom is -0.481 e. The minimum atomic E-state index is -0.889. The number of carbonyl (C=O) groups is 3. The van der Waals surface area contributed by atoms with Gasteiger partial charge in [0, 0.05) is 12.6 Å². The normalized spacial score (nSPS) is 22.8. The maximum absolute atomic E-state index is 11.7. The number of carbonyl (C=O) groups excluding carboxylic acids is 2. The highest BCUT2D eigenvalue weighted by Gasteiger charge is 2.34. The van der Waals surface area contributed by atoms with E-state index < -0.39 is 29.2 Å². The number of amides is 3. The summed E-state index contributed by atoms with van der Waals surface area (Å²) in [6.07, 6.45) is 2.02. The Morgan fingerprint density at radius 3 is 2.47 bits per heavy atom. The fourth-order valence-electron chi connectivity index (χ4n) is 2.04. The number of primary amides is 1. The summed E-state index contributed by atoms with van der Waals surface area (Å²) in [5, 5.41) is 14.2. The number of urea groups is 1. The molecule has 108 valence electrons. The molecule has 7 heteroatoms. The van der Waals surface area contributed by atoms with Crippen LogP contribution in [-0.4, -0.2) is 35.6 Å². The molecule has 2 atom stereocenters. The van der Waals surface area contributed by atoms with E-state index in [0.717, 1.165) is 6.42 Å². The first kappa shape index (κ1) is 15.3. The summed E-state index contributed by atoms with van der Waals surface area (Å²) in [7, 11) is 0. The van der Waals surface area contributed by atoms with Crippen LogP contribution in [0.25, 0.3) is 0 Å². The largest absolute Gasteiger partial charge is 0.481 e. The molecular formula is C12H21N3O4. The van der Waals surface area contributed by atoms with Crippen molar-refractivity contribution < 1.29 is 19.5 Å². The van der Waals surface area contributed by atoms with Gasteiger partial charge in [-0.05, 0) is 26.7 Å². The van der Waals surface area contributed by atoms with Crippen LogP contribution in [0.4, 0.5) is 4.79 Å². The lowest BCUT2D eigenvalue weighted by atomic mass is 9.93. The van der Waals surface area contributed by atoms with E-state index in [0.29, 0.717) is 12.8 Å². The van der Waals surface area contributed by atoms with Crippen LogP contribution in [-0.2, 0) is 9.59 Å². The zero-order chi connectivity index (χ0) is 14.6. The van der Waals surface area contributed by atoms with Crippen molar-refractivity contribution >= 4 is 17.9 Å². The molecule has 0 bridgehead atoms. The van der Waals surface area contributed by atoms with Gasteiger partial charge in [0.05, 0.1) is 11.3 Å². The molecule has 0 radical (unpaired) electrons. The molecule has 7 nitrogen and oxygen atoms in total. The Labute approximate surface area is 111 Å². The number of hydrogen-bond donors (Lipinski definition) is 4. The van der Waals surface area contributed by atoms with E-state index in [-0.39, 0.29) is 12.6 Å². The fourth-order valence-corrected chi connectivity index (χ4v) is 2.04. The van der Waals surface area contributed by atoms with E-state index in [4.69, 9.17) is 10.8 Å². The van der Waals surface area contributed by atoms with E-state index in [2.05, 4.69) is 10.6 Å². The molecule has 3 amide bonds. The number of nitrogens with one attached hydrogen (secondary N) is 2. The van der Waals surface area contributed by atoms with Gasteiger partial charge in [0.2, 0.25) is 5.91 Å². The Kier molecular flexibility index (Phi) is 4.74. The third-order valence-corrected chi connectivity index (χ3v) is 3.51. The van der Waals surface area contributed by atoms with E-state index in [1.807, 2.05) is 0 Å². The van der Waals surface area contributed by atoms with Gasteiger partial charge >= 0.3 is 12.0 Å². The highest BCUT2D eigenvalue weighted by atomic mass is 16.4. The topological polar surface area (TPSA) is 122 Å². The Balaban J connectivity index is 2.43. The molecule has 0 aliphatic heterocycles. The fraction of sp³-hybridized carbons (Fsp3) is 0.750. The average molecular weight is 271 g/mol. The smallest absolute Gasteiger partial charge is 0.315 e. The number of hydrogen-bond acceptors (Lipinski definition) is 3.